The summed E-state index contributed by atoms with van der Waals surface area (Å²) in [4.78, 5) is 14.2. The highest BCUT2D eigenvalue weighted by Crippen LogP contribution is 2.24. The van der Waals surface area contributed by atoms with Crippen molar-refractivity contribution in [2.45, 2.75) is 0 Å². The van der Waals surface area contributed by atoms with Gasteiger partial charge in [0.2, 0.25) is 0 Å². The lowest BCUT2D eigenvalue weighted by Gasteiger charge is -2.04. The highest BCUT2D eigenvalue weighted by molar-refractivity contribution is 5.75. The van der Waals surface area contributed by atoms with Crippen LogP contribution in [-0.4, -0.2) is 11.3 Å². The summed E-state index contributed by atoms with van der Waals surface area (Å²) in [5, 5.41) is 0. The number of nitrogens with zero attached hydrogens (tertiary/aromatic N) is 1. The number of hydrogen-bond donors (Lipinski definition) is 0. The summed E-state index contributed by atoms with van der Waals surface area (Å²) >= 11 is 0. The third-order valence-electron chi connectivity index (χ3n) is 2.23. The van der Waals surface area contributed by atoms with Crippen molar-refractivity contribution in [1.29, 1.82) is 0 Å². The van der Waals surface area contributed by atoms with Crippen LogP contribution in [0.2, 0.25) is 0 Å². The molecule has 0 fully saturated rings. The van der Waals surface area contributed by atoms with E-state index >= 15 is 0 Å². The molecule has 0 amide bonds. The Kier molecular flexibility index (Phi) is 2.91. The summed E-state index contributed by atoms with van der Waals surface area (Å²) in [5.41, 5.74) is 0.296. The lowest BCUT2D eigenvalue weighted by Crippen LogP contribution is -1.95. The molecule has 0 aliphatic carbocycles. The third-order valence-corrected chi connectivity index (χ3v) is 2.23. The molecule has 0 spiro atoms. The second-order valence-electron chi connectivity index (χ2n) is 3.32. The fourth-order valence-electron chi connectivity index (χ4n) is 1.36. The molecule has 17 heavy (non-hydrogen) atoms. The van der Waals surface area contributed by atoms with E-state index in [4.69, 9.17) is 0 Å². The Morgan fingerprint density at radius 3 is 2.35 bits per heavy atom. The predicted molar refractivity (Wildman–Crippen MR) is 54.9 cm³/mol. The van der Waals surface area contributed by atoms with Gasteiger partial charge in [0, 0.05) is 17.3 Å². The zero-order valence-corrected chi connectivity index (χ0v) is 8.45. The lowest BCUT2D eigenvalue weighted by atomic mass is 10.1. The van der Waals surface area contributed by atoms with Crippen molar-refractivity contribution in [2.24, 2.45) is 0 Å². The normalized spacial score (nSPS) is 10.3. The van der Waals surface area contributed by atoms with Crippen LogP contribution in [0.5, 0.6) is 0 Å². The zero-order valence-electron chi connectivity index (χ0n) is 8.45. The van der Waals surface area contributed by atoms with Gasteiger partial charge >= 0.3 is 0 Å². The molecule has 0 aliphatic heterocycles. The maximum Gasteiger partial charge on any atom is 0.195 e. The van der Waals surface area contributed by atoms with E-state index in [0.717, 1.165) is 12.1 Å². The van der Waals surface area contributed by atoms with E-state index < -0.39 is 17.5 Å². The van der Waals surface area contributed by atoms with Crippen LogP contribution >= 0.6 is 0 Å². The Morgan fingerprint density at radius 2 is 1.76 bits per heavy atom. The number of rotatable bonds is 2. The third kappa shape index (κ3) is 2.04. The Labute approximate surface area is 94.7 Å². The average Bonchev–Trinajstić information content (AvgIpc) is 2.36. The van der Waals surface area contributed by atoms with E-state index in [1.807, 2.05) is 0 Å². The Bertz CT molecular complexity index is 567. The van der Waals surface area contributed by atoms with Crippen LogP contribution in [0.15, 0.2) is 30.5 Å². The van der Waals surface area contributed by atoms with E-state index in [2.05, 4.69) is 4.98 Å². The van der Waals surface area contributed by atoms with Gasteiger partial charge < -0.3 is 0 Å². The molecule has 0 saturated heterocycles. The number of halogens is 3. The molecular formula is C12H6F3NO. The van der Waals surface area contributed by atoms with Crippen LogP contribution in [0.3, 0.4) is 0 Å². The van der Waals surface area contributed by atoms with E-state index in [1.54, 1.807) is 0 Å². The van der Waals surface area contributed by atoms with Crippen LogP contribution in [0.4, 0.5) is 13.2 Å². The topological polar surface area (TPSA) is 30.0 Å². The molecule has 1 aromatic carbocycles. The molecular weight excluding hydrogens is 231 g/mol. The summed E-state index contributed by atoms with van der Waals surface area (Å²) in [5.74, 6) is -4.09. The summed E-state index contributed by atoms with van der Waals surface area (Å²) in [7, 11) is 0. The Balaban J connectivity index is 2.53. The molecule has 0 radical (unpaired) electrons. The largest absolute Gasteiger partial charge is 0.298 e. The van der Waals surface area contributed by atoms with Crippen LogP contribution < -0.4 is 0 Å². The number of pyridine rings is 1. The van der Waals surface area contributed by atoms with Crippen molar-refractivity contribution >= 4 is 6.29 Å². The van der Waals surface area contributed by atoms with E-state index in [-0.39, 0.29) is 11.3 Å². The molecule has 2 nitrogen and oxygen atoms in total. The van der Waals surface area contributed by atoms with E-state index in [0.29, 0.717) is 11.8 Å². The summed E-state index contributed by atoms with van der Waals surface area (Å²) in [6.45, 7) is 0. The first-order chi connectivity index (χ1) is 8.13. The maximum atomic E-state index is 13.4. The number of benzene rings is 1. The molecule has 2 aromatic rings. The minimum atomic E-state index is -1.54. The maximum absolute atomic E-state index is 13.4. The molecule has 5 heteroatoms. The molecule has 1 aromatic heterocycles. The standard InChI is InChI=1S/C12H6F3NO/c13-9-3-2-8(11(14)12(9)15)10-4-1-7(6-17)5-16-10/h1-6H. The fourth-order valence-corrected chi connectivity index (χ4v) is 1.36. The lowest BCUT2D eigenvalue weighted by molar-refractivity contribution is 0.112. The van der Waals surface area contributed by atoms with Crippen molar-refractivity contribution in [3.8, 4) is 11.3 Å². The molecule has 1 heterocycles. The van der Waals surface area contributed by atoms with Gasteiger partial charge in [-0.3, -0.25) is 9.78 Å². The van der Waals surface area contributed by atoms with Gasteiger partial charge in [-0.15, -0.1) is 0 Å². The molecule has 0 N–H and O–H groups in total. The highest BCUT2D eigenvalue weighted by Gasteiger charge is 2.15. The smallest absolute Gasteiger partial charge is 0.195 e. The van der Waals surface area contributed by atoms with Crippen molar-refractivity contribution in [1.82, 2.24) is 4.98 Å². The van der Waals surface area contributed by atoms with Gasteiger partial charge in [0.05, 0.1) is 5.69 Å². The van der Waals surface area contributed by atoms with Gasteiger partial charge in [0.15, 0.2) is 23.7 Å². The molecule has 0 bridgehead atoms. The van der Waals surface area contributed by atoms with Gasteiger partial charge in [0.25, 0.3) is 0 Å². The van der Waals surface area contributed by atoms with Crippen LogP contribution in [0.25, 0.3) is 11.3 Å². The van der Waals surface area contributed by atoms with Crippen molar-refractivity contribution in [2.75, 3.05) is 0 Å². The molecule has 86 valence electrons. The molecule has 0 saturated carbocycles. The van der Waals surface area contributed by atoms with Gasteiger partial charge in [-0.2, -0.15) is 0 Å². The average molecular weight is 237 g/mol. The monoisotopic (exact) mass is 237 g/mol. The van der Waals surface area contributed by atoms with Gasteiger partial charge in [-0.05, 0) is 24.3 Å². The highest BCUT2D eigenvalue weighted by atomic mass is 19.2. The van der Waals surface area contributed by atoms with Crippen molar-refractivity contribution in [3.63, 3.8) is 0 Å². The molecule has 0 aliphatic rings. The summed E-state index contributed by atoms with van der Waals surface area (Å²) < 4.78 is 39.1. The SMILES string of the molecule is O=Cc1ccc(-c2ccc(F)c(F)c2F)nc1. The second kappa shape index (κ2) is 4.37. The molecule has 0 atom stereocenters. The fraction of sp³-hybridized carbons (Fsp3) is 0. The number of carbonyl (C=O) groups excluding carboxylic acids is 1. The number of hydrogen-bond acceptors (Lipinski definition) is 2. The number of carbonyl (C=O) groups is 1. The minimum Gasteiger partial charge on any atom is -0.298 e. The van der Waals surface area contributed by atoms with E-state index in [9.17, 15) is 18.0 Å². The van der Waals surface area contributed by atoms with Crippen LogP contribution in [0, 0.1) is 17.5 Å². The van der Waals surface area contributed by atoms with E-state index in [1.165, 1.54) is 18.3 Å². The Hall–Kier alpha value is -2.17. The van der Waals surface area contributed by atoms with Crippen molar-refractivity contribution in [3.05, 3.63) is 53.5 Å². The molecule has 2 rings (SSSR count). The first-order valence-electron chi connectivity index (χ1n) is 4.68. The number of aromatic nitrogens is 1. The minimum absolute atomic E-state index is 0.131. The summed E-state index contributed by atoms with van der Waals surface area (Å²) in [6.07, 6.45) is 1.81. The second-order valence-corrected chi connectivity index (χ2v) is 3.32. The number of aldehydes is 1. The first kappa shape index (κ1) is 11.3. The quantitative estimate of drug-likeness (QED) is 0.593. The zero-order chi connectivity index (χ0) is 12.4. The first-order valence-corrected chi connectivity index (χ1v) is 4.68. The van der Waals surface area contributed by atoms with Crippen LogP contribution in [0.1, 0.15) is 10.4 Å². The van der Waals surface area contributed by atoms with Crippen molar-refractivity contribution < 1.29 is 18.0 Å². The molecule has 0 unspecified atom stereocenters. The van der Waals surface area contributed by atoms with Crippen LogP contribution in [-0.2, 0) is 0 Å². The summed E-state index contributed by atoms with van der Waals surface area (Å²) in [6, 6.07) is 4.69. The predicted octanol–water partition coefficient (Wildman–Crippen LogP) is 2.98. The van der Waals surface area contributed by atoms with Gasteiger partial charge in [-0.1, -0.05) is 0 Å². The van der Waals surface area contributed by atoms with Gasteiger partial charge in [0.1, 0.15) is 0 Å². The van der Waals surface area contributed by atoms with Gasteiger partial charge in [-0.25, -0.2) is 13.2 Å². The Morgan fingerprint density at radius 1 is 1.00 bits per heavy atom.